The zero-order chi connectivity index (χ0) is 43.1. The zero-order valence-corrected chi connectivity index (χ0v) is 36.7. The van der Waals surface area contributed by atoms with Gasteiger partial charge in [0.05, 0.1) is 12.6 Å². The van der Waals surface area contributed by atoms with E-state index in [2.05, 4.69) is 33.9 Å². The van der Waals surface area contributed by atoms with Gasteiger partial charge in [-0.3, -0.25) is 28.8 Å². The number of likely N-dealkylation sites (N-methyl/N-ethyl adjacent to an activating group) is 1. The number of ether oxygens (including phenoxy) is 1. The Bertz CT molecular complexity index is 1280. The van der Waals surface area contributed by atoms with E-state index in [1.54, 1.807) is 34.6 Å². The third kappa shape index (κ3) is 26.6. The Balaban J connectivity index is 0. The van der Waals surface area contributed by atoms with Crippen LogP contribution in [-0.2, 0) is 33.5 Å². The molecule has 0 aliphatic heterocycles. The van der Waals surface area contributed by atoms with Gasteiger partial charge in [-0.2, -0.15) is 0 Å². The highest BCUT2D eigenvalue weighted by atomic mass is 16.6. The maximum Gasteiger partial charge on any atom is 0.325 e. The largest absolute Gasteiger partial charge is 0.459 e. The van der Waals surface area contributed by atoms with Crippen LogP contribution >= 0.6 is 0 Å². The highest BCUT2D eigenvalue weighted by Crippen LogP contribution is 2.20. The third-order valence-electron chi connectivity index (χ3n) is 8.50. The second-order valence-corrected chi connectivity index (χ2v) is 14.7. The molecule has 3 atom stereocenters. The summed E-state index contributed by atoms with van der Waals surface area (Å²) in [6.07, 6.45) is 22.6. The van der Waals surface area contributed by atoms with Crippen LogP contribution in [0.5, 0.6) is 0 Å². The summed E-state index contributed by atoms with van der Waals surface area (Å²) in [5, 5.41) is 10.1. The molecule has 4 amide bonds. The summed E-state index contributed by atoms with van der Waals surface area (Å²) >= 11 is 0. The molecule has 1 aliphatic carbocycles. The van der Waals surface area contributed by atoms with Gasteiger partial charge in [-0.25, -0.2) is 0 Å². The average molecular weight is 788 g/mol. The van der Waals surface area contributed by atoms with Crippen LogP contribution in [-0.4, -0.2) is 78.1 Å². The van der Waals surface area contributed by atoms with Gasteiger partial charge < -0.3 is 30.9 Å². The molecule has 0 aromatic carbocycles. The molecule has 0 aromatic heterocycles. The second-order valence-electron chi connectivity index (χ2n) is 14.7. The topological polar surface area (TPSA) is 163 Å². The van der Waals surface area contributed by atoms with E-state index < -0.39 is 53.7 Å². The fraction of sp³-hybridized carbons (Fsp3) is 0.682. The summed E-state index contributed by atoms with van der Waals surface area (Å²) in [6, 6.07) is -2.29. The maximum atomic E-state index is 13.6. The van der Waals surface area contributed by atoms with E-state index >= 15 is 0 Å². The molecule has 0 aromatic rings. The van der Waals surface area contributed by atoms with E-state index in [0.29, 0.717) is 6.42 Å². The van der Waals surface area contributed by atoms with Gasteiger partial charge in [0.2, 0.25) is 23.5 Å². The van der Waals surface area contributed by atoms with Crippen LogP contribution in [0.4, 0.5) is 0 Å². The molecular formula is C44H77N5O7. The third-order valence-corrected chi connectivity index (χ3v) is 8.50. The molecule has 4 N–H and O–H groups in total. The van der Waals surface area contributed by atoms with Crippen molar-refractivity contribution in [2.75, 3.05) is 20.1 Å². The molecule has 1 rings (SSSR count). The summed E-state index contributed by atoms with van der Waals surface area (Å²) in [4.78, 5) is 77.9. The molecule has 1 aliphatic rings. The van der Waals surface area contributed by atoms with Crippen LogP contribution in [0.25, 0.3) is 0 Å². The first-order chi connectivity index (χ1) is 26.5. The van der Waals surface area contributed by atoms with Crippen LogP contribution in [0.3, 0.4) is 0 Å². The fourth-order valence-electron chi connectivity index (χ4n) is 5.57. The quantitative estimate of drug-likeness (QED) is 0.0291. The maximum absolute atomic E-state index is 13.6. The van der Waals surface area contributed by atoms with E-state index in [0.717, 1.165) is 30.7 Å². The Morgan fingerprint density at radius 2 is 1.43 bits per heavy atom. The molecule has 1 saturated carbocycles. The molecule has 0 saturated heterocycles. The minimum absolute atomic E-state index is 0.152. The van der Waals surface area contributed by atoms with Crippen LogP contribution in [0, 0.1) is 5.92 Å². The summed E-state index contributed by atoms with van der Waals surface area (Å²) in [6.45, 7) is 21.7. The number of Topliss-reactive ketones (excluding diaryl/α,β-unsaturated/α-hetero) is 1. The first-order valence-corrected chi connectivity index (χ1v) is 20.8. The number of nitrogens with zero attached hydrogens (tertiary/aromatic N) is 1. The van der Waals surface area contributed by atoms with E-state index in [1.165, 1.54) is 38.5 Å². The smallest absolute Gasteiger partial charge is 0.325 e. The van der Waals surface area contributed by atoms with Crippen LogP contribution in [0.1, 0.15) is 153 Å². The van der Waals surface area contributed by atoms with Gasteiger partial charge in [0.15, 0.2) is 0 Å². The zero-order valence-electron chi connectivity index (χ0n) is 36.7. The summed E-state index contributed by atoms with van der Waals surface area (Å²) in [7, 11) is 1.92. The minimum Gasteiger partial charge on any atom is -0.459 e. The lowest BCUT2D eigenvalue weighted by Crippen LogP contribution is -2.55. The fourth-order valence-corrected chi connectivity index (χ4v) is 5.57. The molecule has 12 nitrogen and oxygen atoms in total. The van der Waals surface area contributed by atoms with Gasteiger partial charge in [0.1, 0.15) is 18.2 Å². The number of nitrogens with one attached hydrogen (secondary N) is 4. The number of hydrogen-bond donors (Lipinski definition) is 4. The van der Waals surface area contributed by atoms with Gasteiger partial charge >= 0.3 is 5.97 Å². The molecular weight excluding hydrogens is 711 g/mol. The van der Waals surface area contributed by atoms with Crippen molar-refractivity contribution < 1.29 is 33.5 Å². The number of rotatable bonds is 22. The number of ketones is 1. The van der Waals surface area contributed by atoms with Crippen molar-refractivity contribution in [3.63, 3.8) is 0 Å². The van der Waals surface area contributed by atoms with Gasteiger partial charge in [-0.05, 0) is 78.7 Å². The number of carbonyl (C=O) groups excluding carboxylic acids is 6. The van der Waals surface area contributed by atoms with Gasteiger partial charge in [0.25, 0.3) is 5.91 Å². The minimum atomic E-state index is -1.19. The predicted octanol–water partition coefficient (Wildman–Crippen LogP) is 7.35. The molecule has 0 heterocycles. The summed E-state index contributed by atoms with van der Waals surface area (Å²) in [5.74, 6) is -4.48. The van der Waals surface area contributed by atoms with E-state index in [4.69, 9.17) is 4.74 Å². The molecule has 1 fully saturated rings. The molecule has 320 valence electrons. The molecule has 0 radical (unpaired) electrons. The van der Waals surface area contributed by atoms with E-state index in [-0.39, 0.29) is 37.6 Å². The van der Waals surface area contributed by atoms with E-state index in [9.17, 15) is 28.8 Å². The molecule has 3 unspecified atom stereocenters. The number of carbonyl (C=O) groups is 6. The normalized spacial score (nSPS) is 14.4. The van der Waals surface area contributed by atoms with Gasteiger partial charge in [0, 0.05) is 24.9 Å². The lowest BCUT2D eigenvalue weighted by atomic mass is 9.98. The van der Waals surface area contributed by atoms with Crippen molar-refractivity contribution in [1.82, 2.24) is 26.2 Å². The van der Waals surface area contributed by atoms with Crippen molar-refractivity contribution >= 4 is 35.4 Å². The van der Waals surface area contributed by atoms with Crippen molar-refractivity contribution in [1.29, 1.82) is 0 Å². The van der Waals surface area contributed by atoms with Gasteiger partial charge in [-0.15, -0.1) is 0 Å². The lowest BCUT2D eigenvalue weighted by Gasteiger charge is -2.26. The second kappa shape index (κ2) is 31.9. The van der Waals surface area contributed by atoms with E-state index in [1.807, 2.05) is 70.9 Å². The number of esters is 1. The Kier molecular flexibility index (Phi) is 30.7. The predicted molar refractivity (Wildman–Crippen MR) is 227 cm³/mol. The molecule has 12 heteroatoms. The lowest BCUT2D eigenvalue weighted by molar-refractivity contribution is -0.155. The highest BCUT2D eigenvalue weighted by molar-refractivity contribution is 6.38. The molecule has 0 bridgehead atoms. The number of allylic oxidation sites excluding steroid dienone is 6. The Morgan fingerprint density at radius 1 is 0.839 bits per heavy atom. The summed E-state index contributed by atoms with van der Waals surface area (Å²) < 4.78 is 5.16. The summed E-state index contributed by atoms with van der Waals surface area (Å²) in [5.41, 5.74) is 1.03. The van der Waals surface area contributed by atoms with Crippen LogP contribution in [0.15, 0.2) is 48.4 Å². The van der Waals surface area contributed by atoms with Crippen LogP contribution in [0.2, 0.25) is 0 Å². The standard InChI is InChI=1S/C36H59N5O7.C6H12.C2H6/c1-11-15-16-17-20-26(6)41(10)27(18-12-2)21-25(5)22-29(39-31(43)23-37-30(42)14-4)34(46)40-28(19-13-3)33(45)35(47)38-24-32(44)48-36(7,8)9;1-2-4-6-5-3-1;1-2/h11-12,15,18,21,25,28-29H,6,13-14,16-17,19-20,22-24H2,1-5,7-10H3,(H,37,42)(H,38,47)(H,39,43)(H,40,46);1-6H2;1-2H3/b15-11-,18-12-,27-21?;;. The van der Waals surface area contributed by atoms with Crippen molar-refractivity contribution in [3.05, 3.63) is 48.4 Å². The number of amides is 4. The SMILES string of the molecule is C1CCCCC1.C=C(CCC/C=C\C)N(C)C(=CC(C)CC(NC(=O)CNC(=O)CC)C(=O)NC(CCC)C(=O)C(=O)NCC(=O)OC(C)(C)C)/C=C\C.CC. The highest BCUT2D eigenvalue weighted by Gasteiger charge is 2.31. The number of hydrogen-bond acceptors (Lipinski definition) is 8. The number of unbranched alkanes of at least 4 members (excludes halogenated alkanes) is 1. The van der Waals surface area contributed by atoms with Crippen molar-refractivity contribution in [3.8, 4) is 0 Å². The van der Waals surface area contributed by atoms with Crippen molar-refractivity contribution in [2.24, 2.45) is 5.92 Å². The van der Waals surface area contributed by atoms with Gasteiger partial charge in [-0.1, -0.05) is 110 Å². The Hall–Kier alpha value is -4.22. The molecule has 0 spiro atoms. The average Bonchev–Trinajstić information content (AvgIpc) is 3.17. The Labute approximate surface area is 339 Å². The monoisotopic (exact) mass is 788 g/mol. The first kappa shape index (κ1) is 53.9. The Morgan fingerprint density at radius 3 is 1.93 bits per heavy atom. The first-order valence-electron chi connectivity index (χ1n) is 20.8. The van der Waals surface area contributed by atoms with Crippen molar-refractivity contribution in [2.45, 2.75) is 170 Å². The molecule has 56 heavy (non-hydrogen) atoms. The van der Waals surface area contributed by atoms with Crippen LogP contribution < -0.4 is 21.3 Å².